The number of aliphatic hydroxyl groups is 2. The van der Waals surface area contributed by atoms with Crippen LogP contribution in [0.5, 0.6) is 0 Å². The summed E-state index contributed by atoms with van der Waals surface area (Å²) in [4.78, 5) is 71.8. The average Bonchev–Trinajstić information content (AvgIpc) is 2.97. The van der Waals surface area contributed by atoms with Crippen LogP contribution in [-0.2, 0) is 28.8 Å². The molecule has 11 nitrogen and oxygen atoms in total. The number of thioether (sulfide) groups is 2. The Hall–Kier alpha value is -1.96. The van der Waals surface area contributed by atoms with Gasteiger partial charge in [0.1, 0.15) is 17.3 Å². The van der Waals surface area contributed by atoms with Crippen LogP contribution < -0.4 is 16.0 Å². The number of nitrogens with one attached hydrogen (secondary N) is 3. The van der Waals surface area contributed by atoms with E-state index in [-0.39, 0.29) is 77.2 Å². The summed E-state index contributed by atoms with van der Waals surface area (Å²) >= 11 is 2.50. The van der Waals surface area contributed by atoms with Crippen molar-refractivity contribution in [1.29, 1.82) is 0 Å². The monoisotopic (exact) mass is 661 g/mol. The Kier molecular flexibility index (Phi) is 26.1. The Balaban J connectivity index is 4.10. The summed E-state index contributed by atoms with van der Waals surface area (Å²) in [6.07, 6.45) is 6.36. The number of carbonyl (C=O) groups excluding carboxylic acids is 6. The van der Waals surface area contributed by atoms with Crippen LogP contribution in [0.4, 0.5) is 0 Å². The van der Waals surface area contributed by atoms with Crippen LogP contribution in [0.3, 0.4) is 0 Å². The van der Waals surface area contributed by atoms with Gasteiger partial charge in [-0.1, -0.05) is 19.8 Å². The second kappa shape index (κ2) is 27.4. The highest BCUT2D eigenvalue weighted by molar-refractivity contribution is 8.00. The molecular formula is C31H55N3O8S2. The molecule has 254 valence electrons. The maximum atomic E-state index is 12.9. The quantitative estimate of drug-likeness (QED) is 0.0748. The number of rotatable bonds is 29. The van der Waals surface area contributed by atoms with Crippen molar-refractivity contribution in [2.75, 3.05) is 49.3 Å². The van der Waals surface area contributed by atoms with Gasteiger partial charge in [-0.15, -0.1) is 23.5 Å². The third kappa shape index (κ3) is 24.4. The van der Waals surface area contributed by atoms with E-state index in [2.05, 4.69) is 16.0 Å². The molecule has 0 saturated heterocycles. The van der Waals surface area contributed by atoms with Crippen molar-refractivity contribution >= 4 is 58.6 Å². The molecule has 0 spiro atoms. The number of Topliss-reactive ketones (excluding diaryl/α,β-unsaturated/α-hetero) is 3. The second-order valence-corrected chi connectivity index (χ2v) is 13.1. The average molecular weight is 662 g/mol. The molecule has 0 aliphatic rings. The van der Waals surface area contributed by atoms with Crippen molar-refractivity contribution in [1.82, 2.24) is 16.0 Å². The third-order valence-corrected chi connectivity index (χ3v) is 9.09. The first kappa shape index (κ1) is 42.0. The molecule has 5 N–H and O–H groups in total. The van der Waals surface area contributed by atoms with Gasteiger partial charge in [0, 0.05) is 50.1 Å². The minimum absolute atomic E-state index is 0.00198. The normalized spacial score (nSPS) is 13.0. The van der Waals surface area contributed by atoms with E-state index >= 15 is 0 Å². The molecule has 13 heteroatoms. The molecule has 44 heavy (non-hydrogen) atoms. The van der Waals surface area contributed by atoms with Gasteiger partial charge in [-0.25, -0.2) is 0 Å². The van der Waals surface area contributed by atoms with Crippen molar-refractivity contribution in [3.63, 3.8) is 0 Å². The molecular weight excluding hydrogens is 606 g/mol. The van der Waals surface area contributed by atoms with Gasteiger partial charge in [0.2, 0.25) is 17.7 Å². The van der Waals surface area contributed by atoms with E-state index in [0.717, 1.165) is 25.7 Å². The van der Waals surface area contributed by atoms with Crippen molar-refractivity contribution in [2.45, 2.75) is 97.5 Å². The number of carbonyl (C=O) groups is 6. The lowest BCUT2D eigenvalue weighted by molar-refractivity contribution is -0.129. The molecule has 0 rings (SSSR count). The zero-order chi connectivity index (χ0) is 33.2. The largest absolute Gasteiger partial charge is 0.394 e. The molecule has 0 radical (unpaired) electrons. The molecule has 0 aliphatic heterocycles. The Morgan fingerprint density at radius 1 is 0.682 bits per heavy atom. The number of aliphatic hydroxyl groups excluding tert-OH is 2. The lowest BCUT2D eigenvalue weighted by atomic mass is 9.85. The zero-order valence-electron chi connectivity index (χ0n) is 26.8. The molecule has 0 aromatic rings. The summed E-state index contributed by atoms with van der Waals surface area (Å²) in [6.45, 7) is 6.22. The van der Waals surface area contributed by atoms with Crippen LogP contribution >= 0.6 is 23.5 Å². The molecule has 0 aromatic carbocycles. The minimum Gasteiger partial charge on any atom is -0.394 e. The maximum Gasteiger partial charge on any atom is 0.230 e. The van der Waals surface area contributed by atoms with Crippen LogP contribution in [0.25, 0.3) is 0 Å². The van der Waals surface area contributed by atoms with E-state index in [1.165, 1.54) is 30.4 Å². The predicted octanol–water partition coefficient (Wildman–Crippen LogP) is 2.45. The van der Waals surface area contributed by atoms with E-state index in [9.17, 15) is 33.9 Å². The van der Waals surface area contributed by atoms with Crippen molar-refractivity contribution in [2.24, 2.45) is 11.8 Å². The van der Waals surface area contributed by atoms with Crippen LogP contribution in [0.15, 0.2) is 0 Å². The number of hydrogen-bond donors (Lipinski definition) is 5. The van der Waals surface area contributed by atoms with Gasteiger partial charge in [-0.05, 0) is 58.8 Å². The lowest BCUT2D eigenvalue weighted by Gasteiger charge is -2.18. The fourth-order valence-corrected chi connectivity index (χ4v) is 5.85. The topological polar surface area (TPSA) is 179 Å². The predicted molar refractivity (Wildman–Crippen MR) is 177 cm³/mol. The fourth-order valence-electron chi connectivity index (χ4n) is 4.40. The van der Waals surface area contributed by atoms with E-state index in [1.54, 1.807) is 6.92 Å². The van der Waals surface area contributed by atoms with Crippen LogP contribution in [0.1, 0.15) is 91.4 Å². The van der Waals surface area contributed by atoms with Gasteiger partial charge < -0.3 is 31.0 Å². The summed E-state index contributed by atoms with van der Waals surface area (Å²) in [5.74, 6) is 0.289. The van der Waals surface area contributed by atoms with Crippen LogP contribution in [0, 0.1) is 11.8 Å². The molecule has 0 saturated carbocycles. The SMILES string of the molecule is CC[C@@H](CCCCNC(=O)CSCC(O)CO)C(=O)C[C@@H](CCCCNC(=O)CSCC(=O)NCCCCC(C)=O)C(C)=O. The molecule has 0 bridgehead atoms. The standard InChI is InChI=1S/C31H55N3O8S2/c1-4-25(12-6-9-15-33-29(40)20-43-19-27(38)18-35)28(39)17-26(24(3)37)13-7-10-16-34-31(42)22-44-21-30(41)32-14-8-5-11-23(2)36/h25-27,35,38H,4-22H2,1-3H3,(H,32,41)(H,33,40)(H,34,42)/t25-,26+,27?/m0/s1. The number of hydrogen-bond acceptors (Lipinski definition) is 10. The van der Waals surface area contributed by atoms with Gasteiger partial charge in [-0.2, -0.15) is 0 Å². The number of amides is 3. The van der Waals surface area contributed by atoms with Gasteiger partial charge in [-0.3, -0.25) is 24.0 Å². The third-order valence-electron chi connectivity index (χ3n) is 7.07. The number of ketones is 3. The van der Waals surface area contributed by atoms with Crippen LogP contribution in [-0.4, -0.2) is 101 Å². The van der Waals surface area contributed by atoms with Crippen molar-refractivity contribution in [3.8, 4) is 0 Å². The highest BCUT2D eigenvalue weighted by atomic mass is 32.2. The smallest absolute Gasteiger partial charge is 0.230 e. The highest BCUT2D eigenvalue weighted by Gasteiger charge is 2.23. The molecule has 0 heterocycles. The Labute approximate surface area is 271 Å². The molecule has 0 fully saturated rings. The summed E-state index contributed by atoms with van der Waals surface area (Å²) in [7, 11) is 0. The van der Waals surface area contributed by atoms with E-state index in [0.29, 0.717) is 63.9 Å². The van der Waals surface area contributed by atoms with E-state index in [1.807, 2.05) is 6.92 Å². The summed E-state index contributed by atoms with van der Waals surface area (Å²) < 4.78 is 0. The summed E-state index contributed by atoms with van der Waals surface area (Å²) in [6, 6.07) is 0. The second-order valence-electron chi connectivity index (χ2n) is 11.1. The van der Waals surface area contributed by atoms with Crippen molar-refractivity contribution in [3.05, 3.63) is 0 Å². The Morgan fingerprint density at radius 2 is 1.16 bits per heavy atom. The van der Waals surface area contributed by atoms with Gasteiger partial charge >= 0.3 is 0 Å². The van der Waals surface area contributed by atoms with Gasteiger partial charge in [0.15, 0.2) is 0 Å². The molecule has 0 aliphatic carbocycles. The zero-order valence-corrected chi connectivity index (χ0v) is 28.5. The lowest BCUT2D eigenvalue weighted by Crippen LogP contribution is -2.29. The summed E-state index contributed by atoms with van der Waals surface area (Å²) in [5, 5.41) is 26.5. The van der Waals surface area contributed by atoms with Crippen molar-refractivity contribution < 1.29 is 39.0 Å². The first-order valence-corrected chi connectivity index (χ1v) is 18.1. The van der Waals surface area contributed by atoms with Crippen LogP contribution in [0.2, 0.25) is 0 Å². The molecule has 1 unspecified atom stereocenters. The Bertz CT molecular complexity index is 875. The molecule has 3 amide bonds. The Morgan fingerprint density at radius 3 is 1.61 bits per heavy atom. The van der Waals surface area contributed by atoms with Gasteiger partial charge in [0.25, 0.3) is 0 Å². The number of unbranched alkanes of at least 4 members (excludes halogenated alkanes) is 3. The van der Waals surface area contributed by atoms with E-state index < -0.39 is 6.10 Å². The highest BCUT2D eigenvalue weighted by Crippen LogP contribution is 2.22. The fraction of sp³-hybridized carbons (Fsp3) is 0.806. The maximum absolute atomic E-state index is 12.9. The first-order valence-electron chi connectivity index (χ1n) is 15.8. The first-order chi connectivity index (χ1) is 21.0. The molecule has 0 aromatic heterocycles. The molecule has 3 atom stereocenters. The summed E-state index contributed by atoms with van der Waals surface area (Å²) in [5.41, 5.74) is 0. The minimum atomic E-state index is -0.823. The van der Waals surface area contributed by atoms with Gasteiger partial charge in [0.05, 0.1) is 30.0 Å². The van der Waals surface area contributed by atoms with E-state index in [4.69, 9.17) is 5.11 Å².